The number of carboxylic acids is 1. The third kappa shape index (κ3) is 3.50. The maximum absolute atomic E-state index is 11.4. The zero-order valence-electron chi connectivity index (χ0n) is 16.5. The van der Waals surface area contributed by atoms with Crippen LogP contribution in [0.25, 0.3) is 21.8 Å². The van der Waals surface area contributed by atoms with Crippen LogP contribution >= 0.6 is 0 Å². The zero-order valence-corrected chi connectivity index (χ0v) is 16.5. The van der Waals surface area contributed by atoms with Crippen LogP contribution in [-0.4, -0.2) is 32.1 Å². The molecule has 1 aliphatic rings. The Kier molecular flexibility index (Phi) is 4.43. The van der Waals surface area contributed by atoms with Crippen LogP contribution in [0.2, 0.25) is 0 Å². The predicted molar refractivity (Wildman–Crippen MR) is 117 cm³/mol. The summed E-state index contributed by atoms with van der Waals surface area (Å²) in [4.78, 5) is 25.4. The van der Waals surface area contributed by atoms with Crippen LogP contribution < -0.4 is 10.6 Å². The molecule has 1 fully saturated rings. The van der Waals surface area contributed by atoms with Gasteiger partial charge in [-0.2, -0.15) is 0 Å². The third-order valence-corrected chi connectivity index (χ3v) is 5.34. The van der Waals surface area contributed by atoms with Gasteiger partial charge in [-0.3, -0.25) is 0 Å². The number of nitrogens with one attached hydrogen (secondary N) is 2. The highest BCUT2D eigenvalue weighted by Crippen LogP contribution is 2.32. The van der Waals surface area contributed by atoms with Crippen LogP contribution in [0, 0.1) is 0 Å². The molecule has 3 N–H and O–H groups in total. The van der Waals surface area contributed by atoms with Crippen molar-refractivity contribution in [2.75, 3.05) is 10.6 Å². The first kappa shape index (κ1) is 18.3. The molecule has 4 aromatic rings. The van der Waals surface area contributed by atoms with E-state index in [-0.39, 0.29) is 11.6 Å². The zero-order chi connectivity index (χ0) is 20.7. The van der Waals surface area contributed by atoms with Gasteiger partial charge in [0, 0.05) is 23.0 Å². The van der Waals surface area contributed by atoms with E-state index in [2.05, 4.69) is 34.7 Å². The largest absolute Gasteiger partial charge is 0.478 e. The molecule has 0 aliphatic heterocycles. The lowest BCUT2D eigenvalue weighted by Gasteiger charge is -2.16. The van der Waals surface area contributed by atoms with E-state index in [1.165, 1.54) is 0 Å². The minimum Gasteiger partial charge on any atom is -0.478 e. The molecule has 5 rings (SSSR count). The summed E-state index contributed by atoms with van der Waals surface area (Å²) in [5.74, 6) is 0.225. The van der Waals surface area contributed by atoms with E-state index < -0.39 is 5.97 Å². The van der Waals surface area contributed by atoms with Gasteiger partial charge in [-0.1, -0.05) is 36.4 Å². The monoisotopic (exact) mass is 399 g/mol. The molecule has 150 valence electrons. The number of carbonyl (C=O) groups is 1. The van der Waals surface area contributed by atoms with Crippen LogP contribution in [0.1, 0.15) is 41.7 Å². The summed E-state index contributed by atoms with van der Waals surface area (Å²) in [5.41, 5.74) is 2.71. The Morgan fingerprint density at radius 1 is 1.10 bits per heavy atom. The summed E-state index contributed by atoms with van der Waals surface area (Å²) in [5, 5.41) is 17.8. The van der Waals surface area contributed by atoms with Gasteiger partial charge in [-0.05, 0) is 37.5 Å². The van der Waals surface area contributed by atoms with Crippen molar-refractivity contribution in [1.82, 2.24) is 15.0 Å². The van der Waals surface area contributed by atoms with Gasteiger partial charge in [0.05, 0.1) is 17.1 Å². The maximum atomic E-state index is 11.4. The number of rotatable bonds is 6. The van der Waals surface area contributed by atoms with Gasteiger partial charge in [-0.15, -0.1) is 0 Å². The second kappa shape index (κ2) is 7.26. The Hall–Kier alpha value is -3.74. The van der Waals surface area contributed by atoms with Gasteiger partial charge in [0.15, 0.2) is 5.82 Å². The molecule has 0 bridgehead atoms. The van der Waals surface area contributed by atoms with Gasteiger partial charge in [-0.25, -0.2) is 19.7 Å². The molecule has 1 atom stereocenters. The lowest BCUT2D eigenvalue weighted by molar-refractivity contribution is 0.0697. The average molecular weight is 399 g/mol. The second-order valence-electron chi connectivity index (χ2n) is 7.65. The molecular formula is C23H21N5O2. The van der Waals surface area contributed by atoms with Gasteiger partial charge < -0.3 is 15.7 Å². The predicted octanol–water partition coefficient (Wildman–Crippen LogP) is 4.62. The fourth-order valence-electron chi connectivity index (χ4n) is 3.53. The smallest absolute Gasteiger partial charge is 0.335 e. The fourth-order valence-corrected chi connectivity index (χ4v) is 3.53. The Balaban J connectivity index is 1.59. The Morgan fingerprint density at radius 3 is 2.63 bits per heavy atom. The first-order chi connectivity index (χ1) is 14.6. The Labute approximate surface area is 173 Å². The normalized spacial score (nSPS) is 14.6. The van der Waals surface area contributed by atoms with Gasteiger partial charge in [0.2, 0.25) is 5.95 Å². The molecule has 7 nitrogen and oxygen atoms in total. The van der Waals surface area contributed by atoms with E-state index >= 15 is 0 Å². The minimum absolute atomic E-state index is 0.0510. The summed E-state index contributed by atoms with van der Waals surface area (Å²) in [7, 11) is 0. The lowest BCUT2D eigenvalue weighted by atomic mass is 10.1. The highest BCUT2D eigenvalue weighted by Gasteiger charge is 2.24. The van der Waals surface area contributed by atoms with Crippen molar-refractivity contribution in [3.05, 3.63) is 65.9 Å². The van der Waals surface area contributed by atoms with Crippen molar-refractivity contribution in [3.63, 3.8) is 0 Å². The second-order valence-corrected chi connectivity index (χ2v) is 7.65. The minimum atomic E-state index is -0.971. The first-order valence-corrected chi connectivity index (χ1v) is 10.0. The topological polar surface area (TPSA) is 100 Å². The van der Waals surface area contributed by atoms with Crippen molar-refractivity contribution in [1.29, 1.82) is 0 Å². The number of hydrogen-bond donors (Lipinski definition) is 3. The van der Waals surface area contributed by atoms with Crippen LogP contribution in [0.3, 0.4) is 0 Å². The number of aromatic nitrogens is 3. The standard InChI is InChI=1S/C23H21N5O2/c1-13(14-5-3-2-4-6-14)25-23-24-12-18-17-10-7-15(22(29)30)11-19(17)27-21(20(18)28-23)26-16-8-9-16/h2-7,10-13,16H,8-9H2,1H3,(H,26,27)(H,29,30)(H,24,25,28). The molecule has 0 amide bonds. The summed E-state index contributed by atoms with van der Waals surface area (Å²) in [6, 6.07) is 15.5. The molecule has 7 heteroatoms. The fraction of sp³-hybridized carbons (Fsp3) is 0.217. The van der Waals surface area contributed by atoms with E-state index in [0.717, 1.165) is 34.7 Å². The number of fused-ring (bicyclic) bond motifs is 3. The Morgan fingerprint density at radius 2 is 1.90 bits per heavy atom. The molecule has 1 aliphatic carbocycles. The number of nitrogens with zero attached hydrogens (tertiary/aromatic N) is 3. The van der Waals surface area contributed by atoms with Crippen molar-refractivity contribution in [2.45, 2.75) is 31.8 Å². The van der Waals surface area contributed by atoms with Crippen LogP contribution in [0.4, 0.5) is 11.8 Å². The van der Waals surface area contributed by atoms with Crippen molar-refractivity contribution >= 4 is 39.5 Å². The van der Waals surface area contributed by atoms with Crippen LogP contribution in [0.15, 0.2) is 54.7 Å². The molecular weight excluding hydrogens is 378 g/mol. The Bertz CT molecular complexity index is 1250. The first-order valence-electron chi connectivity index (χ1n) is 10.0. The van der Waals surface area contributed by atoms with E-state index in [4.69, 9.17) is 9.97 Å². The number of carboxylic acid groups (broad SMARTS) is 1. The molecule has 0 saturated heterocycles. The van der Waals surface area contributed by atoms with E-state index in [1.807, 2.05) is 18.2 Å². The van der Waals surface area contributed by atoms with E-state index in [1.54, 1.807) is 24.4 Å². The SMILES string of the molecule is CC(Nc1ncc2c(n1)c(NC1CC1)nc1cc(C(=O)O)ccc12)c1ccccc1. The number of aromatic carboxylic acids is 1. The molecule has 0 radical (unpaired) electrons. The van der Waals surface area contributed by atoms with E-state index in [0.29, 0.717) is 23.3 Å². The highest BCUT2D eigenvalue weighted by molar-refractivity contribution is 6.09. The summed E-state index contributed by atoms with van der Waals surface area (Å²) >= 11 is 0. The number of benzene rings is 2. The molecule has 2 aromatic carbocycles. The molecule has 0 spiro atoms. The van der Waals surface area contributed by atoms with Crippen molar-refractivity contribution in [2.24, 2.45) is 0 Å². The van der Waals surface area contributed by atoms with E-state index in [9.17, 15) is 9.90 Å². The van der Waals surface area contributed by atoms with Crippen molar-refractivity contribution < 1.29 is 9.90 Å². The molecule has 1 unspecified atom stereocenters. The average Bonchev–Trinajstić information content (AvgIpc) is 3.58. The van der Waals surface area contributed by atoms with Crippen LogP contribution in [-0.2, 0) is 0 Å². The molecule has 30 heavy (non-hydrogen) atoms. The van der Waals surface area contributed by atoms with Gasteiger partial charge >= 0.3 is 5.97 Å². The summed E-state index contributed by atoms with van der Waals surface area (Å²) in [6.07, 6.45) is 3.97. The third-order valence-electron chi connectivity index (χ3n) is 5.34. The number of hydrogen-bond acceptors (Lipinski definition) is 6. The lowest BCUT2D eigenvalue weighted by Crippen LogP contribution is -2.11. The van der Waals surface area contributed by atoms with Crippen molar-refractivity contribution in [3.8, 4) is 0 Å². The molecule has 2 aromatic heterocycles. The molecule has 2 heterocycles. The number of pyridine rings is 1. The summed E-state index contributed by atoms with van der Waals surface area (Å²) < 4.78 is 0. The highest BCUT2D eigenvalue weighted by atomic mass is 16.4. The van der Waals surface area contributed by atoms with Gasteiger partial charge in [0.25, 0.3) is 0 Å². The van der Waals surface area contributed by atoms with Gasteiger partial charge in [0.1, 0.15) is 5.52 Å². The summed E-state index contributed by atoms with van der Waals surface area (Å²) in [6.45, 7) is 2.07. The number of anilines is 2. The quantitative estimate of drug-likeness (QED) is 0.407. The maximum Gasteiger partial charge on any atom is 0.335 e. The van der Waals surface area contributed by atoms with Crippen LogP contribution in [0.5, 0.6) is 0 Å². The molecule has 1 saturated carbocycles.